The highest BCUT2D eigenvalue weighted by atomic mass is 16.2. The van der Waals surface area contributed by atoms with Crippen LogP contribution < -0.4 is 5.69 Å². The summed E-state index contributed by atoms with van der Waals surface area (Å²) in [7, 11) is 1.70. The van der Waals surface area contributed by atoms with Gasteiger partial charge in [-0.25, -0.2) is 9.48 Å². The van der Waals surface area contributed by atoms with Crippen LogP contribution in [0.15, 0.2) is 11.1 Å². The molecule has 0 aromatic carbocycles. The molecule has 1 atom stereocenters. The topological polar surface area (TPSA) is 39.8 Å². The van der Waals surface area contributed by atoms with Crippen LogP contribution in [0, 0.1) is 0 Å². The van der Waals surface area contributed by atoms with Gasteiger partial charge in [0.05, 0.1) is 6.04 Å². The maximum absolute atomic E-state index is 11.2. The molecule has 0 N–H and O–H groups in total. The summed E-state index contributed by atoms with van der Waals surface area (Å²) in [6, 6.07) is 0.198. The summed E-state index contributed by atoms with van der Waals surface area (Å²) in [4.78, 5) is 11.2. The first-order valence-electron chi connectivity index (χ1n) is 3.77. The van der Waals surface area contributed by atoms with Crippen molar-refractivity contribution in [3.8, 4) is 0 Å². The molecule has 0 fully saturated rings. The highest BCUT2D eigenvalue weighted by Crippen LogP contribution is 2.02. The third kappa shape index (κ3) is 1.34. The Labute approximate surface area is 65.5 Å². The Bertz CT molecular complexity index is 286. The first-order chi connectivity index (χ1) is 5.16. The van der Waals surface area contributed by atoms with Gasteiger partial charge in [0.25, 0.3) is 0 Å². The third-order valence-corrected chi connectivity index (χ3v) is 1.86. The molecule has 0 amide bonds. The number of hydrogen-bond acceptors (Lipinski definition) is 2. The Kier molecular flexibility index (Phi) is 2.12. The van der Waals surface area contributed by atoms with Crippen molar-refractivity contribution in [3.05, 3.63) is 16.8 Å². The summed E-state index contributed by atoms with van der Waals surface area (Å²) >= 11 is 0. The number of nitrogens with zero attached hydrogens (tertiary/aromatic N) is 3. The predicted octanol–water partition coefficient (Wildman–Crippen LogP) is 0.553. The second-order valence-corrected chi connectivity index (χ2v) is 2.73. The summed E-state index contributed by atoms with van der Waals surface area (Å²) in [5.41, 5.74) is -0.0423. The fourth-order valence-corrected chi connectivity index (χ4v) is 0.869. The van der Waals surface area contributed by atoms with Crippen LogP contribution in [-0.2, 0) is 7.05 Å². The second kappa shape index (κ2) is 2.90. The molecule has 0 unspecified atom stereocenters. The maximum atomic E-state index is 11.2. The van der Waals surface area contributed by atoms with Gasteiger partial charge in [0.15, 0.2) is 0 Å². The quantitative estimate of drug-likeness (QED) is 0.625. The molecule has 0 saturated heterocycles. The van der Waals surface area contributed by atoms with E-state index in [9.17, 15) is 4.79 Å². The molecule has 1 aromatic rings. The van der Waals surface area contributed by atoms with Crippen molar-refractivity contribution in [2.75, 3.05) is 0 Å². The van der Waals surface area contributed by atoms with E-state index in [2.05, 4.69) is 5.10 Å². The van der Waals surface area contributed by atoms with Gasteiger partial charge in [-0.15, -0.1) is 0 Å². The van der Waals surface area contributed by atoms with Gasteiger partial charge in [0.1, 0.15) is 6.33 Å². The summed E-state index contributed by atoms with van der Waals surface area (Å²) in [6.45, 7) is 4.01. The molecule has 11 heavy (non-hydrogen) atoms. The summed E-state index contributed by atoms with van der Waals surface area (Å²) < 4.78 is 2.98. The molecule has 1 aromatic heterocycles. The summed E-state index contributed by atoms with van der Waals surface area (Å²) in [6.07, 6.45) is 2.46. The molecule has 1 heterocycles. The molecule has 0 radical (unpaired) electrons. The van der Waals surface area contributed by atoms with Crippen LogP contribution >= 0.6 is 0 Å². The standard InChI is InChI=1S/C7H13N3O/c1-4-6(2)10-7(11)9(3)5-8-10/h5-6H,4H2,1-3H3/t6-/m0/s1. The zero-order valence-electron chi connectivity index (χ0n) is 7.11. The van der Waals surface area contributed by atoms with Gasteiger partial charge in [0, 0.05) is 7.05 Å². The van der Waals surface area contributed by atoms with Crippen LogP contribution in [0.4, 0.5) is 0 Å². The SMILES string of the molecule is CC[C@H](C)n1ncn(C)c1=O. The monoisotopic (exact) mass is 155 g/mol. The Balaban J connectivity index is 3.05. The minimum absolute atomic E-state index is 0.0423. The number of hydrogen-bond donors (Lipinski definition) is 0. The third-order valence-electron chi connectivity index (χ3n) is 1.86. The van der Waals surface area contributed by atoms with E-state index in [4.69, 9.17) is 0 Å². The van der Waals surface area contributed by atoms with Gasteiger partial charge in [-0.2, -0.15) is 5.10 Å². The van der Waals surface area contributed by atoms with Crippen molar-refractivity contribution in [3.63, 3.8) is 0 Å². The fourth-order valence-electron chi connectivity index (χ4n) is 0.869. The average Bonchev–Trinajstić information content (AvgIpc) is 2.32. The van der Waals surface area contributed by atoms with E-state index in [0.717, 1.165) is 6.42 Å². The van der Waals surface area contributed by atoms with Gasteiger partial charge >= 0.3 is 5.69 Å². The lowest BCUT2D eigenvalue weighted by Gasteiger charge is -2.05. The first kappa shape index (κ1) is 8.04. The average molecular weight is 155 g/mol. The van der Waals surface area contributed by atoms with E-state index in [-0.39, 0.29) is 11.7 Å². The van der Waals surface area contributed by atoms with E-state index in [1.54, 1.807) is 7.05 Å². The summed E-state index contributed by atoms with van der Waals surface area (Å²) in [5.74, 6) is 0. The lowest BCUT2D eigenvalue weighted by molar-refractivity contribution is 0.459. The normalized spacial score (nSPS) is 13.4. The van der Waals surface area contributed by atoms with Crippen molar-refractivity contribution in [1.29, 1.82) is 0 Å². The van der Waals surface area contributed by atoms with Crippen molar-refractivity contribution >= 4 is 0 Å². The molecule has 0 bridgehead atoms. The summed E-state index contributed by atoms with van der Waals surface area (Å²) in [5, 5.41) is 3.95. The second-order valence-electron chi connectivity index (χ2n) is 2.73. The van der Waals surface area contributed by atoms with E-state index < -0.39 is 0 Å². The predicted molar refractivity (Wildman–Crippen MR) is 42.5 cm³/mol. The zero-order chi connectivity index (χ0) is 8.43. The molecule has 0 spiro atoms. The number of aromatic nitrogens is 3. The fraction of sp³-hybridized carbons (Fsp3) is 0.714. The highest BCUT2D eigenvalue weighted by Gasteiger charge is 2.06. The van der Waals surface area contributed by atoms with E-state index in [0.29, 0.717) is 0 Å². The number of rotatable bonds is 2. The first-order valence-corrected chi connectivity index (χ1v) is 3.77. The maximum Gasteiger partial charge on any atom is 0.345 e. The Hall–Kier alpha value is -1.06. The van der Waals surface area contributed by atoms with Crippen LogP contribution in [0.1, 0.15) is 26.3 Å². The van der Waals surface area contributed by atoms with E-state index >= 15 is 0 Å². The number of aryl methyl sites for hydroxylation is 1. The van der Waals surface area contributed by atoms with Crippen LogP contribution in [0.2, 0.25) is 0 Å². The van der Waals surface area contributed by atoms with E-state index in [1.807, 2.05) is 13.8 Å². The Morgan fingerprint density at radius 2 is 2.36 bits per heavy atom. The van der Waals surface area contributed by atoms with Gasteiger partial charge in [-0.05, 0) is 13.3 Å². The van der Waals surface area contributed by atoms with Gasteiger partial charge in [-0.3, -0.25) is 4.57 Å². The van der Waals surface area contributed by atoms with Crippen LogP contribution in [0.3, 0.4) is 0 Å². The molecular formula is C7H13N3O. The molecule has 4 heteroatoms. The lowest BCUT2D eigenvalue weighted by atomic mass is 10.3. The minimum Gasteiger partial charge on any atom is -0.285 e. The molecule has 1 rings (SSSR count). The van der Waals surface area contributed by atoms with Crippen LogP contribution in [-0.4, -0.2) is 14.3 Å². The molecule has 0 saturated carbocycles. The van der Waals surface area contributed by atoms with Crippen molar-refractivity contribution in [1.82, 2.24) is 14.3 Å². The van der Waals surface area contributed by atoms with Gasteiger partial charge < -0.3 is 0 Å². The van der Waals surface area contributed by atoms with Crippen LogP contribution in [0.25, 0.3) is 0 Å². The Morgan fingerprint density at radius 3 is 2.73 bits per heavy atom. The lowest BCUT2D eigenvalue weighted by Crippen LogP contribution is -2.25. The molecule has 0 aliphatic carbocycles. The molecule has 62 valence electrons. The zero-order valence-corrected chi connectivity index (χ0v) is 7.11. The molecule has 0 aliphatic heterocycles. The smallest absolute Gasteiger partial charge is 0.285 e. The van der Waals surface area contributed by atoms with Crippen LogP contribution in [0.5, 0.6) is 0 Å². The molecular weight excluding hydrogens is 142 g/mol. The van der Waals surface area contributed by atoms with Gasteiger partial charge in [0.2, 0.25) is 0 Å². The van der Waals surface area contributed by atoms with Gasteiger partial charge in [-0.1, -0.05) is 6.92 Å². The minimum atomic E-state index is -0.0423. The Morgan fingerprint density at radius 1 is 1.73 bits per heavy atom. The highest BCUT2D eigenvalue weighted by molar-refractivity contribution is 4.69. The molecule has 0 aliphatic rings. The molecule has 4 nitrogen and oxygen atoms in total. The largest absolute Gasteiger partial charge is 0.345 e. The van der Waals surface area contributed by atoms with Crippen molar-refractivity contribution in [2.24, 2.45) is 7.05 Å². The van der Waals surface area contributed by atoms with Crippen molar-refractivity contribution in [2.45, 2.75) is 26.3 Å². The van der Waals surface area contributed by atoms with Crippen molar-refractivity contribution < 1.29 is 0 Å². The van der Waals surface area contributed by atoms with E-state index in [1.165, 1.54) is 15.6 Å².